The molecule has 2 atom stereocenters. The van der Waals surface area contributed by atoms with E-state index in [1.807, 2.05) is 0 Å². The molecule has 3 nitrogen and oxygen atoms in total. The van der Waals surface area contributed by atoms with Crippen molar-refractivity contribution >= 4 is 0 Å². The van der Waals surface area contributed by atoms with Crippen LogP contribution in [0.3, 0.4) is 0 Å². The second-order valence-electron chi connectivity index (χ2n) is 4.84. The van der Waals surface area contributed by atoms with E-state index < -0.39 is 0 Å². The lowest BCUT2D eigenvalue weighted by atomic mass is 9.95. The van der Waals surface area contributed by atoms with E-state index in [-0.39, 0.29) is 12.2 Å². The highest BCUT2D eigenvalue weighted by atomic mass is 16.5. The van der Waals surface area contributed by atoms with Gasteiger partial charge in [-0.15, -0.1) is 0 Å². The Kier molecular flexibility index (Phi) is 4.00. The number of ether oxygens (including phenoxy) is 1. The summed E-state index contributed by atoms with van der Waals surface area (Å²) in [5.41, 5.74) is 0. The van der Waals surface area contributed by atoms with E-state index >= 15 is 0 Å². The van der Waals surface area contributed by atoms with Crippen molar-refractivity contribution in [2.75, 3.05) is 26.2 Å². The molecular weight excluding hydrogens is 190 g/mol. The van der Waals surface area contributed by atoms with Crippen LogP contribution < -0.4 is 0 Å². The zero-order chi connectivity index (χ0) is 10.7. The molecule has 0 aromatic carbocycles. The quantitative estimate of drug-likeness (QED) is 0.766. The SMILES string of the molecule is CCN1CCOC(C(O)C2CCCC2)C1. The van der Waals surface area contributed by atoms with Crippen LogP contribution in [0, 0.1) is 5.92 Å². The Balaban J connectivity index is 1.85. The van der Waals surface area contributed by atoms with Crippen molar-refractivity contribution in [1.82, 2.24) is 4.90 Å². The van der Waals surface area contributed by atoms with Gasteiger partial charge in [0.1, 0.15) is 0 Å². The Labute approximate surface area is 92.4 Å². The molecule has 2 rings (SSSR count). The van der Waals surface area contributed by atoms with Crippen molar-refractivity contribution in [1.29, 1.82) is 0 Å². The molecule has 3 heteroatoms. The maximum Gasteiger partial charge on any atom is 0.0963 e. The fourth-order valence-corrected chi connectivity index (χ4v) is 2.83. The van der Waals surface area contributed by atoms with Gasteiger partial charge in [-0.05, 0) is 25.3 Å². The van der Waals surface area contributed by atoms with Gasteiger partial charge in [-0.25, -0.2) is 0 Å². The second kappa shape index (κ2) is 5.28. The Bertz CT molecular complexity index is 192. The van der Waals surface area contributed by atoms with Crippen LogP contribution in [0.4, 0.5) is 0 Å². The standard InChI is InChI=1S/C12H23NO2/c1-2-13-7-8-15-11(9-13)12(14)10-5-3-4-6-10/h10-12,14H,2-9H2,1H3. The number of morpholine rings is 1. The minimum Gasteiger partial charge on any atom is -0.390 e. The monoisotopic (exact) mass is 213 g/mol. The number of aliphatic hydroxyl groups is 1. The third-order valence-corrected chi connectivity index (χ3v) is 3.89. The molecule has 2 unspecified atom stereocenters. The van der Waals surface area contributed by atoms with Crippen molar-refractivity contribution < 1.29 is 9.84 Å². The summed E-state index contributed by atoms with van der Waals surface area (Å²) in [6.07, 6.45) is 4.77. The first kappa shape index (κ1) is 11.4. The second-order valence-corrected chi connectivity index (χ2v) is 4.84. The number of aliphatic hydroxyl groups excluding tert-OH is 1. The highest BCUT2D eigenvalue weighted by molar-refractivity contribution is 4.84. The lowest BCUT2D eigenvalue weighted by molar-refractivity contribution is -0.104. The number of hydrogen-bond donors (Lipinski definition) is 1. The van der Waals surface area contributed by atoms with Gasteiger partial charge in [0, 0.05) is 13.1 Å². The third-order valence-electron chi connectivity index (χ3n) is 3.89. The number of nitrogens with zero attached hydrogens (tertiary/aromatic N) is 1. The van der Waals surface area contributed by atoms with E-state index in [0.717, 1.165) is 26.2 Å². The van der Waals surface area contributed by atoms with Crippen LogP contribution >= 0.6 is 0 Å². The number of rotatable bonds is 3. The smallest absolute Gasteiger partial charge is 0.0963 e. The number of hydrogen-bond acceptors (Lipinski definition) is 3. The van der Waals surface area contributed by atoms with Crippen LogP contribution in [0.5, 0.6) is 0 Å². The summed E-state index contributed by atoms with van der Waals surface area (Å²) < 4.78 is 5.69. The molecule has 1 saturated carbocycles. The fraction of sp³-hybridized carbons (Fsp3) is 1.00. The average Bonchev–Trinajstić information content (AvgIpc) is 2.81. The van der Waals surface area contributed by atoms with Gasteiger partial charge in [0.25, 0.3) is 0 Å². The van der Waals surface area contributed by atoms with E-state index in [2.05, 4.69) is 11.8 Å². The number of likely N-dealkylation sites (N-methyl/N-ethyl adjacent to an activating group) is 1. The topological polar surface area (TPSA) is 32.7 Å². The van der Waals surface area contributed by atoms with E-state index in [4.69, 9.17) is 4.74 Å². The summed E-state index contributed by atoms with van der Waals surface area (Å²) in [5.74, 6) is 0.492. The first-order valence-electron chi connectivity index (χ1n) is 6.33. The maximum atomic E-state index is 10.2. The van der Waals surface area contributed by atoms with Crippen LogP contribution in [0.2, 0.25) is 0 Å². The predicted octanol–water partition coefficient (Wildman–Crippen LogP) is 1.26. The van der Waals surface area contributed by atoms with Gasteiger partial charge in [-0.2, -0.15) is 0 Å². The van der Waals surface area contributed by atoms with E-state index in [0.29, 0.717) is 5.92 Å². The normalized spacial score (nSPS) is 32.0. The molecule has 0 radical (unpaired) electrons. The van der Waals surface area contributed by atoms with Gasteiger partial charge in [0.15, 0.2) is 0 Å². The van der Waals surface area contributed by atoms with Crippen molar-refractivity contribution in [2.24, 2.45) is 5.92 Å². The third kappa shape index (κ3) is 2.71. The summed E-state index contributed by atoms with van der Waals surface area (Å²) in [5, 5.41) is 10.2. The van der Waals surface area contributed by atoms with Crippen LogP contribution in [-0.4, -0.2) is 48.5 Å². The van der Waals surface area contributed by atoms with Crippen LogP contribution in [0.25, 0.3) is 0 Å². The van der Waals surface area contributed by atoms with Gasteiger partial charge in [0.2, 0.25) is 0 Å². The molecule has 0 aromatic heterocycles. The lowest BCUT2D eigenvalue weighted by Crippen LogP contribution is -2.49. The van der Waals surface area contributed by atoms with Gasteiger partial charge in [-0.1, -0.05) is 19.8 Å². The van der Waals surface area contributed by atoms with E-state index in [1.54, 1.807) is 0 Å². The molecule has 1 aliphatic carbocycles. The Hall–Kier alpha value is -0.120. The van der Waals surface area contributed by atoms with Crippen molar-refractivity contribution in [3.05, 3.63) is 0 Å². The molecule has 1 aliphatic heterocycles. The largest absolute Gasteiger partial charge is 0.390 e. The minimum absolute atomic E-state index is 0.0572. The first-order valence-corrected chi connectivity index (χ1v) is 6.33. The maximum absolute atomic E-state index is 10.2. The molecule has 88 valence electrons. The molecule has 1 N–H and O–H groups in total. The Morgan fingerprint density at radius 3 is 2.80 bits per heavy atom. The summed E-state index contributed by atoms with van der Waals surface area (Å²) in [4.78, 5) is 2.37. The molecule has 15 heavy (non-hydrogen) atoms. The summed E-state index contributed by atoms with van der Waals surface area (Å²) >= 11 is 0. The van der Waals surface area contributed by atoms with Crippen LogP contribution in [-0.2, 0) is 4.74 Å². The zero-order valence-electron chi connectivity index (χ0n) is 9.69. The zero-order valence-corrected chi connectivity index (χ0v) is 9.69. The van der Waals surface area contributed by atoms with Crippen molar-refractivity contribution in [3.63, 3.8) is 0 Å². The molecule has 1 heterocycles. The average molecular weight is 213 g/mol. The van der Waals surface area contributed by atoms with E-state index in [9.17, 15) is 5.11 Å². The van der Waals surface area contributed by atoms with Gasteiger partial charge in [-0.3, -0.25) is 4.90 Å². The minimum atomic E-state index is -0.234. The molecule has 2 fully saturated rings. The highest BCUT2D eigenvalue weighted by Gasteiger charge is 2.33. The predicted molar refractivity (Wildman–Crippen MR) is 59.8 cm³/mol. The van der Waals surface area contributed by atoms with Gasteiger partial charge in [0.05, 0.1) is 18.8 Å². The van der Waals surface area contributed by atoms with Gasteiger partial charge >= 0.3 is 0 Å². The van der Waals surface area contributed by atoms with Crippen molar-refractivity contribution in [3.8, 4) is 0 Å². The molecular formula is C12H23NO2. The lowest BCUT2D eigenvalue weighted by Gasteiger charge is -2.36. The summed E-state index contributed by atoms with van der Waals surface area (Å²) in [6.45, 7) is 5.95. The Morgan fingerprint density at radius 1 is 1.40 bits per heavy atom. The fourth-order valence-electron chi connectivity index (χ4n) is 2.83. The summed E-state index contributed by atoms with van der Waals surface area (Å²) in [7, 11) is 0. The molecule has 1 saturated heterocycles. The Morgan fingerprint density at radius 2 is 2.13 bits per heavy atom. The molecule has 0 spiro atoms. The van der Waals surface area contributed by atoms with Crippen LogP contribution in [0.1, 0.15) is 32.6 Å². The van der Waals surface area contributed by atoms with Crippen LogP contribution in [0.15, 0.2) is 0 Å². The molecule has 2 aliphatic rings. The summed E-state index contributed by atoms with van der Waals surface area (Å²) in [6, 6.07) is 0. The molecule has 0 amide bonds. The van der Waals surface area contributed by atoms with Crippen molar-refractivity contribution in [2.45, 2.75) is 44.8 Å². The van der Waals surface area contributed by atoms with Gasteiger partial charge < -0.3 is 9.84 Å². The van der Waals surface area contributed by atoms with E-state index in [1.165, 1.54) is 25.7 Å². The first-order chi connectivity index (χ1) is 7.31. The molecule has 0 bridgehead atoms. The molecule has 0 aromatic rings. The highest BCUT2D eigenvalue weighted by Crippen LogP contribution is 2.30.